The van der Waals surface area contributed by atoms with E-state index in [0.29, 0.717) is 11.2 Å². The van der Waals surface area contributed by atoms with Crippen molar-refractivity contribution in [2.45, 2.75) is 41.2 Å². The molecular weight excluding hydrogens is 701 g/mol. The zero-order valence-corrected chi connectivity index (χ0v) is 31.6. The summed E-state index contributed by atoms with van der Waals surface area (Å²) >= 11 is 1.99. The third-order valence-corrected chi connectivity index (χ3v) is 13.0. The molecule has 56 heavy (non-hydrogen) atoms. The minimum absolute atomic E-state index is 0.198. The number of allylic oxidation sites excluding steroid dienone is 5. The molecule has 4 nitrogen and oxygen atoms in total. The Morgan fingerprint density at radius 1 is 0.661 bits per heavy atom. The van der Waals surface area contributed by atoms with Gasteiger partial charge in [0.15, 0.2) is 0 Å². The highest BCUT2D eigenvalue weighted by atomic mass is 32.2. The van der Waals surface area contributed by atoms with Gasteiger partial charge in [0.05, 0.1) is 16.3 Å². The molecule has 2 aliphatic carbocycles. The summed E-state index contributed by atoms with van der Waals surface area (Å²) in [4.78, 5) is 6.69. The number of benzene rings is 6. The third kappa shape index (κ3) is 5.78. The van der Waals surface area contributed by atoms with Crippen molar-refractivity contribution in [3.8, 4) is 22.3 Å². The molecule has 270 valence electrons. The van der Waals surface area contributed by atoms with E-state index in [9.17, 15) is 0 Å². The number of hydrogen-bond donors (Lipinski definition) is 1. The number of para-hydroxylation sites is 1. The van der Waals surface area contributed by atoms with Crippen LogP contribution in [-0.2, 0) is 0 Å². The lowest BCUT2D eigenvalue weighted by atomic mass is 9.90. The second-order valence-corrected chi connectivity index (χ2v) is 16.1. The van der Waals surface area contributed by atoms with Gasteiger partial charge in [0.2, 0.25) is 0 Å². The van der Waals surface area contributed by atoms with Crippen molar-refractivity contribution < 1.29 is 0 Å². The zero-order valence-electron chi connectivity index (χ0n) is 30.8. The Bertz CT molecular complexity index is 2790. The van der Waals surface area contributed by atoms with E-state index in [1.165, 1.54) is 65.8 Å². The van der Waals surface area contributed by atoms with E-state index in [1.807, 2.05) is 11.8 Å². The van der Waals surface area contributed by atoms with Crippen LogP contribution in [0.25, 0.3) is 55.1 Å². The maximum atomic E-state index is 5.35. The van der Waals surface area contributed by atoms with Crippen molar-refractivity contribution in [2.75, 3.05) is 0 Å². The predicted molar refractivity (Wildman–Crippen MR) is 235 cm³/mol. The molecule has 0 amide bonds. The summed E-state index contributed by atoms with van der Waals surface area (Å²) in [6.07, 6.45) is 15.4. The topological polar surface area (TPSA) is 43.4 Å². The first-order valence-electron chi connectivity index (χ1n) is 19.6. The van der Waals surface area contributed by atoms with E-state index in [1.54, 1.807) is 0 Å². The number of aromatic nitrogens is 1. The maximum absolute atomic E-state index is 5.35. The van der Waals surface area contributed by atoms with Crippen molar-refractivity contribution in [3.05, 3.63) is 210 Å². The van der Waals surface area contributed by atoms with E-state index in [-0.39, 0.29) is 12.3 Å². The first kappa shape index (κ1) is 33.2. The number of aliphatic imine (C=N–C) groups is 1. The molecule has 4 atom stereocenters. The van der Waals surface area contributed by atoms with E-state index in [0.717, 1.165) is 29.8 Å². The minimum Gasteiger partial charge on any atom is -0.445 e. The van der Waals surface area contributed by atoms with Gasteiger partial charge in [-0.1, -0.05) is 164 Å². The van der Waals surface area contributed by atoms with Crippen LogP contribution in [0.4, 0.5) is 0 Å². The molecule has 4 aliphatic rings. The molecule has 1 N–H and O–H groups in total. The molecule has 1 aromatic heterocycles. The Morgan fingerprint density at radius 2 is 1.36 bits per heavy atom. The highest BCUT2D eigenvalue weighted by Crippen LogP contribution is 2.52. The van der Waals surface area contributed by atoms with E-state index < -0.39 is 0 Å². The summed E-state index contributed by atoms with van der Waals surface area (Å²) < 4.78 is 2.50. The maximum Gasteiger partial charge on any atom is 0.0604 e. The normalized spacial score (nSPS) is 21.2. The van der Waals surface area contributed by atoms with Crippen molar-refractivity contribution in [1.29, 1.82) is 0 Å². The van der Waals surface area contributed by atoms with Crippen LogP contribution in [0, 0.1) is 0 Å². The number of nitrogens with zero attached hydrogens (tertiary/aromatic N) is 3. The quantitative estimate of drug-likeness (QED) is 0.185. The summed E-state index contributed by atoms with van der Waals surface area (Å²) in [5.74, 6) is 1.12. The Kier molecular flexibility index (Phi) is 8.22. The Labute approximate surface area is 331 Å². The first-order valence-corrected chi connectivity index (χ1v) is 20.5. The van der Waals surface area contributed by atoms with E-state index >= 15 is 0 Å². The lowest BCUT2D eigenvalue weighted by molar-refractivity contribution is 0.521. The van der Waals surface area contributed by atoms with Gasteiger partial charge in [0, 0.05) is 39.6 Å². The molecule has 0 saturated heterocycles. The second kappa shape index (κ2) is 13.9. The zero-order chi connectivity index (χ0) is 37.0. The Balaban J connectivity index is 0.956. The van der Waals surface area contributed by atoms with Gasteiger partial charge in [-0.05, 0) is 81.6 Å². The van der Waals surface area contributed by atoms with Crippen LogP contribution >= 0.6 is 11.8 Å². The number of hydrogen-bond acceptors (Lipinski definition) is 3. The molecular formula is C51H39N4S-. The predicted octanol–water partition coefficient (Wildman–Crippen LogP) is 12.8. The van der Waals surface area contributed by atoms with E-state index in [4.69, 9.17) is 10.3 Å². The van der Waals surface area contributed by atoms with Gasteiger partial charge in [-0.2, -0.15) is 0 Å². The van der Waals surface area contributed by atoms with Gasteiger partial charge < -0.3 is 20.2 Å². The fraction of sp³-hybridized carbons (Fsp3) is 0.118. The molecule has 0 spiro atoms. The molecule has 3 heterocycles. The first-order chi connectivity index (χ1) is 27.7. The van der Waals surface area contributed by atoms with Crippen LogP contribution in [0.3, 0.4) is 0 Å². The molecule has 6 aromatic carbocycles. The molecule has 0 saturated carbocycles. The van der Waals surface area contributed by atoms with Gasteiger partial charge in [-0.3, -0.25) is 0 Å². The van der Waals surface area contributed by atoms with Crippen LogP contribution in [0.15, 0.2) is 198 Å². The number of rotatable bonds is 6. The summed E-state index contributed by atoms with van der Waals surface area (Å²) in [5.41, 5.74) is 13.3. The van der Waals surface area contributed by atoms with E-state index in [2.05, 4.69) is 192 Å². The summed E-state index contributed by atoms with van der Waals surface area (Å²) in [5, 5.41) is 11.9. The largest absolute Gasteiger partial charge is 0.445 e. The molecule has 11 rings (SSSR count). The average molecular weight is 740 g/mol. The Hall–Kier alpha value is -6.14. The fourth-order valence-corrected chi connectivity index (χ4v) is 10.3. The summed E-state index contributed by atoms with van der Waals surface area (Å²) in [6.45, 7) is 0. The molecule has 5 heteroatoms. The number of fused-ring (bicyclic) bond motifs is 6. The lowest BCUT2D eigenvalue weighted by Crippen LogP contribution is -2.38. The van der Waals surface area contributed by atoms with Crippen molar-refractivity contribution in [2.24, 2.45) is 4.99 Å². The van der Waals surface area contributed by atoms with Crippen LogP contribution in [0.1, 0.15) is 41.6 Å². The van der Waals surface area contributed by atoms with Gasteiger partial charge >= 0.3 is 0 Å². The second-order valence-electron chi connectivity index (χ2n) is 15.0. The lowest BCUT2D eigenvalue weighted by Gasteiger charge is -2.41. The van der Waals surface area contributed by atoms with Gasteiger partial charge in [0.25, 0.3) is 0 Å². The minimum atomic E-state index is -0.250. The monoisotopic (exact) mass is 739 g/mol. The van der Waals surface area contributed by atoms with Crippen LogP contribution < -0.4 is 5.32 Å². The molecule has 2 aliphatic heterocycles. The van der Waals surface area contributed by atoms with Crippen molar-refractivity contribution in [3.63, 3.8) is 0 Å². The number of thioether (sulfide) groups is 1. The van der Waals surface area contributed by atoms with Crippen molar-refractivity contribution >= 4 is 45.1 Å². The number of nitrogens with one attached hydrogen (secondary N) is 1. The highest BCUT2D eigenvalue weighted by molar-refractivity contribution is 8.00. The van der Waals surface area contributed by atoms with Crippen LogP contribution in [-0.4, -0.2) is 21.8 Å². The third-order valence-electron chi connectivity index (χ3n) is 11.6. The summed E-state index contributed by atoms with van der Waals surface area (Å²) in [7, 11) is 0. The number of amidine groups is 1. The van der Waals surface area contributed by atoms with Crippen molar-refractivity contribution in [1.82, 2.24) is 9.88 Å². The molecule has 0 radical (unpaired) electrons. The summed E-state index contributed by atoms with van der Waals surface area (Å²) in [6, 6.07) is 52.7. The standard InChI is InChI=1S/C51H39N4S/c1-3-12-33(13-4-1)34-22-24-35(25-23-34)36-26-28-38(29-27-36)50-52-49(37-14-5-2-6-15-37)53-51(54-50)39-30-31-41-40-16-7-9-19-44(40)55(46(41)32-39)45-20-11-18-43-42-17-8-10-21-47(42)56-48(43)45/h1,3-5,7-32,43,48-50,52H,2,6H2/q-1. The SMILES string of the molecule is C1=CC2c3ccccc3SC2C(n2c3ccccc3c3ccc(C4=NC(C5=CCCC=C5)NC(c5ccc(-c6ccc(-c7ccccc7)cc6)cc5)[N-]4)cc32)=C1. The van der Waals surface area contributed by atoms with Crippen LogP contribution in [0.2, 0.25) is 0 Å². The highest BCUT2D eigenvalue weighted by Gasteiger charge is 2.37. The van der Waals surface area contributed by atoms with Gasteiger partial charge in [-0.15, -0.1) is 11.8 Å². The average Bonchev–Trinajstić information content (AvgIpc) is 3.83. The Morgan fingerprint density at radius 3 is 2.16 bits per heavy atom. The molecule has 0 bridgehead atoms. The molecule has 4 unspecified atom stereocenters. The fourth-order valence-electron chi connectivity index (χ4n) is 8.82. The molecule has 0 fully saturated rings. The van der Waals surface area contributed by atoms with Gasteiger partial charge in [0.1, 0.15) is 0 Å². The smallest absolute Gasteiger partial charge is 0.0604 e. The molecule has 7 aromatic rings. The van der Waals surface area contributed by atoms with Gasteiger partial charge in [-0.25, -0.2) is 0 Å². The van der Waals surface area contributed by atoms with Crippen LogP contribution in [0.5, 0.6) is 0 Å².